The van der Waals surface area contributed by atoms with Gasteiger partial charge in [-0.25, -0.2) is 0 Å². The van der Waals surface area contributed by atoms with E-state index in [0.717, 1.165) is 17.7 Å². The van der Waals surface area contributed by atoms with Gasteiger partial charge in [0.15, 0.2) is 0 Å². The van der Waals surface area contributed by atoms with Gasteiger partial charge < -0.3 is 5.73 Å². The fourth-order valence-electron chi connectivity index (χ4n) is 1.20. The topological polar surface area (TPSA) is 71.8 Å². The van der Waals surface area contributed by atoms with Crippen LogP contribution in [0.5, 0.6) is 0 Å². The molecule has 0 saturated carbocycles. The van der Waals surface area contributed by atoms with Crippen LogP contribution < -0.4 is 5.73 Å². The minimum absolute atomic E-state index is 0.411. The van der Waals surface area contributed by atoms with Gasteiger partial charge in [0.05, 0.1) is 5.69 Å². The molecule has 1 amide bonds. The fourth-order valence-corrected chi connectivity index (χ4v) is 1.20. The maximum atomic E-state index is 10.7. The van der Waals surface area contributed by atoms with Gasteiger partial charge in [-0.3, -0.25) is 9.89 Å². The highest BCUT2D eigenvalue weighted by atomic mass is 16.1. The molecule has 0 aliphatic heterocycles. The molecule has 11 heavy (non-hydrogen) atoms. The van der Waals surface area contributed by atoms with Crippen LogP contribution in [-0.4, -0.2) is 16.1 Å². The third-order valence-electron chi connectivity index (χ3n) is 1.73. The number of hydrogen-bond donors (Lipinski definition) is 2. The first-order valence-electron chi connectivity index (χ1n) is 3.32. The monoisotopic (exact) mass is 149 g/mol. The smallest absolute Gasteiger partial charge is 0.267 e. The zero-order chi connectivity index (χ0) is 7.84. The normalized spacial score (nSPS) is 13.5. The van der Waals surface area contributed by atoms with Crippen molar-refractivity contribution in [2.75, 3.05) is 0 Å². The molecule has 0 spiro atoms. The molecule has 0 aromatic carbocycles. The summed E-state index contributed by atoms with van der Waals surface area (Å²) >= 11 is 0. The molecule has 1 aromatic rings. The number of primary amides is 1. The number of hydrogen-bond acceptors (Lipinski definition) is 2. The lowest BCUT2D eigenvalue weighted by atomic mass is 10.2. The van der Waals surface area contributed by atoms with Crippen molar-refractivity contribution in [3.8, 4) is 0 Å². The Morgan fingerprint density at radius 1 is 1.73 bits per heavy atom. The lowest BCUT2D eigenvalue weighted by molar-refractivity contribution is 0.0995. The van der Waals surface area contributed by atoms with E-state index in [1.165, 1.54) is 0 Å². The Labute approximate surface area is 63.1 Å². The van der Waals surface area contributed by atoms with Gasteiger partial charge in [-0.05, 0) is 0 Å². The first-order chi connectivity index (χ1) is 5.29. The summed E-state index contributed by atoms with van der Waals surface area (Å²) in [4.78, 5) is 10.7. The van der Waals surface area contributed by atoms with Gasteiger partial charge in [-0.15, -0.1) is 0 Å². The predicted octanol–water partition coefficient (Wildman–Crippen LogP) is 0.0779. The number of nitrogens with two attached hydrogens (primary N) is 1. The first kappa shape index (κ1) is 6.15. The lowest BCUT2D eigenvalue weighted by Gasteiger charge is -1.88. The minimum atomic E-state index is -0.453. The molecular formula is C7H7N3O. The highest BCUT2D eigenvalue weighted by Crippen LogP contribution is 2.19. The van der Waals surface area contributed by atoms with Crippen molar-refractivity contribution in [1.29, 1.82) is 0 Å². The summed E-state index contributed by atoms with van der Waals surface area (Å²) in [6.07, 6.45) is 4.61. The molecule has 0 atom stereocenters. The average molecular weight is 149 g/mol. The Hall–Kier alpha value is -1.58. The summed E-state index contributed by atoms with van der Waals surface area (Å²) in [5, 5.41) is 6.53. The summed E-state index contributed by atoms with van der Waals surface area (Å²) in [7, 11) is 0. The first-order valence-corrected chi connectivity index (χ1v) is 3.32. The molecule has 0 saturated heterocycles. The van der Waals surface area contributed by atoms with Gasteiger partial charge >= 0.3 is 0 Å². The largest absolute Gasteiger partial charge is 0.364 e. The van der Waals surface area contributed by atoms with E-state index in [4.69, 9.17) is 5.73 Å². The van der Waals surface area contributed by atoms with E-state index in [1.807, 2.05) is 12.2 Å². The Bertz CT molecular complexity index is 337. The standard InChI is InChI=1S/C7H7N3O/c8-7(11)6-4-2-1-3-5(4)9-10-6/h1-2H,3H2,(H2,8,11)(H,9,10). The second-order valence-electron chi connectivity index (χ2n) is 2.43. The fraction of sp³-hybridized carbons (Fsp3) is 0.143. The Morgan fingerprint density at radius 3 is 3.27 bits per heavy atom. The van der Waals surface area contributed by atoms with Crippen molar-refractivity contribution in [3.05, 3.63) is 23.0 Å². The zero-order valence-corrected chi connectivity index (χ0v) is 5.79. The van der Waals surface area contributed by atoms with E-state index in [1.54, 1.807) is 0 Å². The van der Waals surface area contributed by atoms with Gasteiger partial charge in [0.1, 0.15) is 5.69 Å². The predicted molar refractivity (Wildman–Crippen MR) is 39.8 cm³/mol. The zero-order valence-electron chi connectivity index (χ0n) is 5.79. The van der Waals surface area contributed by atoms with Crippen LogP contribution in [0.2, 0.25) is 0 Å². The average Bonchev–Trinajstić information content (AvgIpc) is 2.41. The molecular weight excluding hydrogens is 142 g/mol. The third-order valence-corrected chi connectivity index (χ3v) is 1.73. The number of aromatic nitrogens is 2. The maximum absolute atomic E-state index is 10.7. The number of fused-ring (bicyclic) bond motifs is 1. The van der Waals surface area contributed by atoms with E-state index in [0.29, 0.717) is 5.69 Å². The van der Waals surface area contributed by atoms with Crippen molar-refractivity contribution in [1.82, 2.24) is 10.2 Å². The number of aromatic amines is 1. The molecule has 0 fully saturated rings. The number of nitrogens with one attached hydrogen (secondary N) is 1. The summed E-state index contributed by atoms with van der Waals surface area (Å²) in [6, 6.07) is 0. The number of carbonyl (C=O) groups excluding carboxylic acids is 1. The van der Waals surface area contributed by atoms with E-state index in [2.05, 4.69) is 10.2 Å². The lowest BCUT2D eigenvalue weighted by Crippen LogP contribution is -2.12. The van der Waals surface area contributed by atoms with Crippen molar-refractivity contribution < 1.29 is 4.79 Å². The van der Waals surface area contributed by atoms with Crippen molar-refractivity contribution in [2.24, 2.45) is 5.73 Å². The molecule has 3 N–H and O–H groups in total. The molecule has 0 unspecified atom stereocenters. The molecule has 1 aliphatic carbocycles. The van der Waals surface area contributed by atoms with Crippen LogP contribution in [0.1, 0.15) is 21.7 Å². The number of nitrogens with zero attached hydrogens (tertiary/aromatic N) is 1. The number of H-pyrrole nitrogens is 1. The van der Waals surface area contributed by atoms with Crippen molar-refractivity contribution >= 4 is 12.0 Å². The number of rotatable bonds is 1. The maximum Gasteiger partial charge on any atom is 0.267 e. The molecule has 56 valence electrons. The van der Waals surface area contributed by atoms with Crippen LogP contribution in [0.4, 0.5) is 0 Å². The molecule has 1 heterocycles. The summed E-state index contributed by atoms with van der Waals surface area (Å²) in [5.74, 6) is -0.453. The van der Waals surface area contributed by atoms with Crippen LogP contribution >= 0.6 is 0 Å². The van der Waals surface area contributed by atoms with Crippen LogP contribution in [0.25, 0.3) is 6.08 Å². The van der Waals surface area contributed by atoms with Gasteiger partial charge in [0.25, 0.3) is 5.91 Å². The number of carbonyl (C=O) groups is 1. The summed E-state index contributed by atoms with van der Waals surface area (Å²) < 4.78 is 0. The molecule has 0 bridgehead atoms. The third kappa shape index (κ3) is 0.756. The van der Waals surface area contributed by atoms with Crippen LogP contribution in [0, 0.1) is 0 Å². The van der Waals surface area contributed by atoms with E-state index >= 15 is 0 Å². The van der Waals surface area contributed by atoms with Crippen molar-refractivity contribution in [3.63, 3.8) is 0 Å². The van der Waals surface area contributed by atoms with Gasteiger partial charge in [-0.1, -0.05) is 12.2 Å². The molecule has 2 rings (SSSR count). The van der Waals surface area contributed by atoms with Crippen LogP contribution in [0.3, 0.4) is 0 Å². The molecule has 4 nitrogen and oxygen atoms in total. The second kappa shape index (κ2) is 1.95. The second-order valence-corrected chi connectivity index (χ2v) is 2.43. The minimum Gasteiger partial charge on any atom is -0.364 e. The van der Waals surface area contributed by atoms with Crippen LogP contribution in [0.15, 0.2) is 6.08 Å². The molecule has 0 radical (unpaired) electrons. The van der Waals surface area contributed by atoms with Gasteiger partial charge in [0.2, 0.25) is 0 Å². The Balaban J connectivity index is 2.58. The van der Waals surface area contributed by atoms with Crippen LogP contribution in [-0.2, 0) is 6.42 Å². The molecule has 4 heteroatoms. The van der Waals surface area contributed by atoms with E-state index < -0.39 is 5.91 Å². The van der Waals surface area contributed by atoms with Gasteiger partial charge in [-0.2, -0.15) is 5.10 Å². The quantitative estimate of drug-likeness (QED) is 0.593. The summed E-state index contributed by atoms with van der Waals surface area (Å²) in [5.41, 5.74) is 7.24. The van der Waals surface area contributed by atoms with E-state index in [-0.39, 0.29) is 0 Å². The van der Waals surface area contributed by atoms with Crippen molar-refractivity contribution in [2.45, 2.75) is 6.42 Å². The summed E-state index contributed by atoms with van der Waals surface area (Å²) in [6.45, 7) is 0. The Morgan fingerprint density at radius 2 is 2.55 bits per heavy atom. The number of allylic oxidation sites excluding steroid dienone is 1. The molecule has 1 aliphatic rings. The number of amides is 1. The highest BCUT2D eigenvalue weighted by Gasteiger charge is 2.16. The van der Waals surface area contributed by atoms with Gasteiger partial charge in [0, 0.05) is 12.0 Å². The SMILES string of the molecule is NC(=O)c1[nH]nc2c1C=CC2. The van der Waals surface area contributed by atoms with E-state index in [9.17, 15) is 4.79 Å². The molecule has 1 aromatic heterocycles. The highest BCUT2D eigenvalue weighted by molar-refractivity contribution is 5.95. The Kier molecular flexibility index (Phi) is 1.09.